The van der Waals surface area contributed by atoms with Crippen LogP contribution in [0.4, 0.5) is 0 Å². The summed E-state index contributed by atoms with van der Waals surface area (Å²) in [5.41, 5.74) is 5.91. The number of hydrogen-bond acceptors (Lipinski definition) is 0. The minimum atomic E-state index is 0. The Hall–Kier alpha value is -1.93. The van der Waals surface area contributed by atoms with Crippen molar-refractivity contribution < 1.29 is 46.0 Å². The molecule has 8 rings (SSSR count). The van der Waals surface area contributed by atoms with Crippen LogP contribution < -0.4 is 0 Å². The Morgan fingerprint density at radius 2 is 0.520 bits per heavy atom. The largest absolute Gasteiger partial charge is 0.165 e. The predicted molar refractivity (Wildman–Crippen MR) is 227 cm³/mol. The standard InChI is InChI=1S/4C10H9.2C2H6Si.2ClH.2Hf/c4*1-8-6-9-4-2-3-5-10(9)7-8;2*1-3-2;;;;/h4*2-7H,1H3;2*1-2H3;2*1H;;/q4*-1;;;;;2*+2. The first-order chi connectivity index (χ1) is 22.9. The first-order valence-electron chi connectivity index (χ1n) is 16.4. The molecule has 0 radical (unpaired) electrons. The number of halogens is 2. The van der Waals surface area contributed by atoms with Gasteiger partial charge in [0, 0.05) is 0 Å². The molecule has 0 bridgehead atoms. The minimum Gasteiger partial charge on any atom is -0.165 e. The monoisotopic (exact) mass is 1060 g/mol. The molecule has 0 N–H and O–H groups in total. The molecular weight excluding hydrogens is 1010 g/mol. The van der Waals surface area contributed by atoms with Gasteiger partial charge < -0.3 is 0 Å². The van der Waals surface area contributed by atoms with E-state index in [2.05, 4.69) is 199 Å². The summed E-state index contributed by atoms with van der Waals surface area (Å²) in [6.07, 6.45) is 0. The third-order valence-electron chi connectivity index (χ3n) is 7.05. The summed E-state index contributed by atoms with van der Waals surface area (Å²) in [6.45, 7) is 17.8. The Balaban J connectivity index is 0.000000308. The van der Waals surface area contributed by atoms with Crippen molar-refractivity contribution >= 4 is 78.9 Å². The van der Waals surface area contributed by atoms with Crippen molar-refractivity contribution in [2.75, 3.05) is 0 Å². The van der Waals surface area contributed by atoms with Gasteiger partial charge in [-0.2, -0.15) is 24.3 Å². The van der Waals surface area contributed by atoms with E-state index in [1.165, 1.54) is 111 Å². The Bertz CT molecular complexity index is 1740. The Morgan fingerprint density at radius 3 is 0.680 bits per heavy atom. The molecule has 6 heteroatoms. The second kappa shape index (κ2) is 24.3. The first kappa shape index (κ1) is 46.1. The molecule has 0 unspecified atom stereocenters. The van der Waals surface area contributed by atoms with E-state index < -0.39 is 0 Å². The smallest absolute Gasteiger partial charge is 0.0579 e. The fourth-order valence-electron chi connectivity index (χ4n) is 5.22. The summed E-state index contributed by atoms with van der Waals surface area (Å²) in [7, 11) is 0. The maximum absolute atomic E-state index is 2.33. The zero-order chi connectivity index (χ0) is 35.1. The van der Waals surface area contributed by atoms with Crippen molar-refractivity contribution in [2.45, 2.75) is 53.9 Å². The van der Waals surface area contributed by atoms with Crippen molar-refractivity contribution in [1.82, 2.24) is 0 Å². The van der Waals surface area contributed by atoms with Gasteiger partial charge in [0.15, 0.2) is 0 Å². The van der Waals surface area contributed by atoms with Gasteiger partial charge in [0.2, 0.25) is 0 Å². The Kier molecular flexibility index (Phi) is 22.4. The van der Waals surface area contributed by atoms with Crippen LogP contribution in [0, 0.1) is 27.7 Å². The van der Waals surface area contributed by atoms with Crippen LogP contribution in [0.2, 0.25) is 26.2 Å². The normalized spacial score (nSPS) is 9.52. The van der Waals surface area contributed by atoms with Gasteiger partial charge in [-0.1, -0.05) is 52.0 Å². The van der Waals surface area contributed by atoms with E-state index in [1.807, 2.05) is 0 Å². The van der Waals surface area contributed by atoms with E-state index in [0.29, 0.717) is 0 Å². The third-order valence-corrected chi connectivity index (χ3v) is 7.05. The van der Waals surface area contributed by atoms with Gasteiger partial charge in [-0.05, 0) is 0 Å². The molecule has 0 nitrogen and oxygen atoms in total. The molecule has 0 saturated heterocycles. The number of benzene rings is 4. The molecular formula is C44H50Cl2Hf2Si2. The minimum absolute atomic E-state index is 0. The van der Waals surface area contributed by atoms with Crippen LogP contribution in [0.1, 0.15) is 22.3 Å². The summed E-state index contributed by atoms with van der Waals surface area (Å²) in [5, 5.41) is 10.8. The van der Waals surface area contributed by atoms with Crippen LogP contribution in [-0.4, -0.2) is 11.0 Å². The maximum atomic E-state index is 2.33. The SMILES string of the molecule is C[Si](C)=[Hf+2].C[Si](C)=[Hf+2].Cc1cc2ccccc2[cH-]1.Cc1cc2ccccc2[cH-]1.Cc1cc2ccccc2[cH-]1.Cc1cc2ccccc2[cH-]1.Cl.Cl. The average Bonchev–Trinajstić information content (AvgIpc) is 3.79. The van der Waals surface area contributed by atoms with Crippen molar-refractivity contribution in [3.8, 4) is 0 Å². The molecule has 0 aliphatic carbocycles. The van der Waals surface area contributed by atoms with Crippen molar-refractivity contribution in [3.05, 3.63) is 168 Å². The summed E-state index contributed by atoms with van der Waals surface area (Å²) in [4.78, 5) is 0. The molecule has 0 fully saturated rings. The molecule has 8 aromatic carbocycles. The Labute approximate surface area is 343 Å². The molecule has 0 saturated carbocycles. The van der Waals surface area contributed by atoms with Crippen molar-refractivity contribution in [1.29, 1.82) is 0 Å². The molecule has 0 aliphatic rings. The number of hydrogen-bond donors (Lipinski definition) is 0. The van der Waals surface area contributed by atoms with Gasteiger partial charge in [-0.3, -0.25) is 0 Å². The summed E-state index contributed by atoms with van der Waals surface area (Å²) < 4.78 is 0. The van der Waals surface area contributed by atoms with Crippen LogP contribution >= 0.6 is 24.8 Å². The number of rotatable bonds is 0. The van der Waals surface area contributed by atoms with Gasteiger partial charge in [-0.25, -0.2) is 0 Å². The number of aryl methyl sites for hydroxylation is 4. The van der Waals surface area contributed by atoms with E-state index in [4.69, 9.17) is 0 Å². The summed E-state index contributed by atoms with van der Waals surface area (Å²) in [6, 6.07) is 51.3. The topological polar surface area (TPSA) is 0 Å². The summed E-state index contributed by atoms with van der Waals surface area (Å²) in [5.74, 6) is 0. The van der Waals surface area contributed by atoms with Gasteiger partial charge >= 0.3 is 83.2 Å². The molecule has 8 aromatic rings. The van der Waals surface area contributed by atoms with Crippen LogP contribution in [-0.2, 0) is 46.0 Å². The fraction of sp³-hybridized carbons (Fsp3) is 0.182. The van der Waals surface area contributed by atoms with Gasteiger partial charge in [0.1, 0.15) is 0 Å². The molecule has 0 aromatic heterocycles. The fourth-order valence-corrected chi connectivity index (χ4v) is 5.22. The molecule has 50 heavy (non-hydrogen) atoms. The van der Waals surface area contributed by atoms with E-state index in [1.54, 1.807) is 0 Å². The molecule has 0 amide bonds. The second-order valence-electron chi connectivity index (χ2n) is 12.6. The second-order valence-corrected chi connectivity index (χ2v) is 38.2. The van der Waals surface area contributed by atoms with Gasteiger partial charge in [0.25, 0.3) is 0 Å². The van der Waals surface area contributed by atoms with Gasteiger partial charge in [0.05, 0.1) is 0 Å². The number of fused-ring (bicyclic) bond motifs is 4. The summed E-state index contributed by atoms with van der Waals surface area (Å²) >= 11 is 2.90. The van der Waals surface area contributed by atoms with Crippen molar-refractivity contribution in [3.63, 3.8) is 0 Å². The molecule has 256 valence electrons. The predicted octanol–water partition coefficient (Wildman–Crippen LogP) is 13.9. The molecule has 0 atom stereocenters. The van der Waals surface area contributed by atoms with Crippen LogP contribution in [0.3, 0.4) is 0 Å². The third kappa shape index (κ3) is 17.1. The maximum Gasteiger partial charge on any atom is -0.0579 e. The zero-order valence-corrected chi connectivity index (χ0v) is 41.5. The van der Waals surface area contributed by atoms with E-state index >= 15 is 0 Å². The first-order valence-corrected chi connectivity index (χ1v) is 32.2. The van der Waals surface area contributed by atoms with Gasteiger partial charge in [-0.15, -0.1) is 187 Å². The molecule has 0 aliphatic heterocycles. The van der Waals surface area contributed by atoms with E-state index in [9.17, 15) is 0 Å². The van der Waals surface area contributed by atoms with Crippen LogP contribution in [0.15, 0.2) is 146 Å². The van der Waals surface area contributed by atoms with E-state index in [0.717, 1.165) is 0 Å². The van der Waals surface area contributed by atoms with E-state index in [-0.39, 0.29) is 35.8 Å². The zero-order valence-electron chi connectivity index (χ0n) is 30.7. The average molecular weight is 1060 g/mol. The quantitative estimate of drug-likeness (QED) is 0.105. The molecule has 0 spiro atoms. The molecule has 0 heterocycles. The Morgan fingerprint density at radius 1 is 0.360 bits per heavy atom. The van der Waals surface area contributed by atoms with Crippen LogP contribution in [0.5, 0.6) is 0 Å². The van der Waals surface area contributed by atoms with Crippen molar-refractivity contribution in [2.24, 2.45) is 0 Å². The van der Waals surface area contributed by atoms with Crippen LogP contribution in [0.25, 0.3) is 43.1 Å².